The molecular weight excluding hydrogens is 307 g/mol. The molecule has 0 N–H and O–H groups in total. The van der Waals surface area contributed by atoms with Crippen molar-refractivity contribution in [1.29, 1.82) is 0 Å². The van der Waals surface area contributed by atoms with Gasteiger partial charge in [-0.25, -0.2) is 9.37 Å². The number of nitrogens with zero attached hydrogens (tertiary/aromatic N) is 6. The van der Waals surface area contributed by atoms with Gasteiger partial charge in [0.1, 0.15) is 23.3 Å². The molecule has 0 saturated carbocycles. The summed E-state index contributed by atoms with van der Waals surface area (Å²) in [4.78, 5) is 9.07. The number of hydrogen-bond donors (Lipinski definition) is 0. The third-order valence-electron chi connectivity index (χ3n) is 5.73. The van der Waals surface area contributed by atoms with Gasteiger partial charge in [-0.3, -0.25) is 4.90 Å². The molecule has 2 saturated heterocycles. The van der Waals surface area contributed by atoms with Crippen LogP contribution in [-0.2, 0) is 19.5 Å². The summed E-state index contributed by atoms with van der Waals surface area (Å²) in [5, 5.41) is 8.73. The molecule has 6 nitrogen and oxygen atoms in total. The molecule has 2 aromatic heterocycles. The van der Waals surface area contributed by atoms with Gasteiger partial charge in [-0.05, 0) is 37.4 Å². The second-order valence-electron chi connectivity index (χ2n) is 7.11. The highest BCUT2D eigenvalue weighted by Gasteiger charge is 2.42. The molecule has 2 atom stereocenters. The summed E-state index contributed by atoms with van der Waals surface area (Å²) >= 11 is 0. The third kappa shape index (κ3) is 2.30. The van der Waals surface area contributed by atoms with E-state index in [0.29, 0.717) is 12.0 Å². The monoisotopic (exact) mass is 328 g/mol. The second-order valence-corrected chi connectivity index (χ2v) is 7.11. The number of hydrogen-bond acceptors (Lipinski definition) is 5. The molecule has 0 amide bonds. The highest BCUT2D eigenvalue weighted by molar-refractivity contribution is 5.40. The normalized spacial score (nSPS) is 26.1. The first-order valence-corrected chi connectivity index (χ1v) is 8.79. The maximum absolute atomic E-state index is 13.1. The number of pyridine rings is 1. The van der Waals surface area contributed by atoms with E-state index in [9.17, 15) is 4.39 Å². The standard InChI is InChI=1S/C17H21FN6/c18-13-3-4-15(19-8-13)23-9-12-5-7-22(14(12)10-23)11-17-21-20-16-2-1-6-24(16)17/h3-4,8,12,14H,1-2,5-7,9-11H2. The van der Waals surface area contributed by atoms with Crippen molar-refractivity contribution in [3.63, 3.8) is 0 Å². The fourth-order valence-corrected chi connectivity index (χ4v) is 4.50. The summed E-state index contributed by atoms with van der Waals surface area (Å²) in [6.45, 7) is 5.05. The van der Waals surface area contributed by atoms with Crippen LogP contribution in [0.15, 0.2) is 18.3 Å². The fraction of sp³-hybridized carbons (Fsp3) is 0.588. The molecule has 2 fully saturated rings. The van der Waals surface area contributed by atoms with E-state index in [1.807, 2.05) is 0 Å². The van der Waals surface area contributed by atoms with Gasteiger partial charge in [0, 0.05) is 32.1 Å². The number of rotatable bonds is 3. The lowest BCUT2D eigenvalue weighted by Gasteiger charge is -2.24. The zero-order valence-corrected chi connectivity index (χ0v) is 13.6. The Morgan fingerprint density at radius 3 is 3.00 bits per heavy atom. The molecule has 0 bridgehead atoms. The van der Waals surface area contributed by atoms with Crippen LogP contribution in [0, 0.1) is 11.7 Å². The van der Waals surface area contributed by atoms with Crippen molar-refractivity contribution < 1.29 is 4.39 Å². The molecule has 0 radical (unpaired) electrons. The lowest BCUT2D eigenvalue weighted by molar-refractivity contribution is 0.236. The van der Waals surface area contributed by atoms with Crippen molar-refractivity contribution in [3.8, 4) is 0 Å². The van der Waals surface area contributed by atoms with Gasteiger partial charge >= 0.3 is 0 Å². The summed E-state index contributed by atoms with van der Waals surface area (Å²) in [5.74, 6) is 3.53. The average Bonchev–Trinajstić information content (AvgIpc) is 3.32. The van der Waals surface area contributed by atoms with Crippen LogP contribution in [0.3, 0.4) is 0 Å². The van der Waals surface area contributed by atoms with E-state index < -0.39 is 0 Å². The Morgan fingerprint density at radius 2 is 2.12 bits per heavy atom. The number of aryl methyl sites for hydroxylation is 1. The molecule has 3 aliphatic heterocycles. The van der Waals surface area contributed by atoms with Crippen molar-refractivity contribution in [1.82, 2.24) is 24.6 Å². The van der Waals surface area contributed by atoms with Gasteiger partial charge in [0.05, 0.1) is 12.7 Å². The second kappa shape index (κ2) is 5.51. The van der Waals surface area contributed by atoms with Gasteiger partial charge in [0.2, 0.25) is 0 Å². The number of halogens is 1. The Bertz CT molecular complexity index is 742. The average molecular weight is 328 g/mol. The largest absolute Gasteiger partial charge is 0.355 e. The topological polar surface area (TPSA) is 50.1 Å². The summed E-state index contributed by atoms with van der Waals surface area (Å²) < 4.78 is 15.4. The quantitative estimate of drug-likeness (QED) is 0.854. The molecule has 126 valence electrons. The van der Waals surface area contributed by atoms with E-state index in [0.717, 1.165) is 56.6 Å². The third-order valence-corrected chi connectivity index (χ3v) is 5.73. The van der Waals surface area contributed by atoms with Crippen molar-refractivity contribution >= 4 is 5.82 Å². The summed E-state index contributed by atoms with van der Waals surface area (Å²) in [7, 11) is 0. The molecule has 0 spiro atoms. The maximum atomic E-state index is 13.1. The van der Waals surface area contributed by atoms with E-state index in [-0.39, 0.29) is 5.82 Å². The molecule has 5 heterocycles. The number of anilines is 1. The van der Waals surface area contributed by atoms with Crippen LogP contribution in [0.4, 0.5) is 10.2 Å². The molecule has 0 aromatic carbocycles. The minimum Gasteiger partial charge on any atom is -0.355 e. The smallest absolute Gasteiger partial charge is 0.147 e. The summed E-state index contributed by atoms with van der Waals surface area (Å²) in [6, 6.07) is 3.81. The molecular formula is C17H21FN6. The highest BCUT2D eigenvalue weighted by Crippen LogP contribution is 2.34. The van der Waals surface area contributed by atoms with E-state index in [1.165, 1.54) is 25.1 Å². The van der Waals surface area contributed by atoms with Crippen molar-refractivity contribution in [3.05, 3.63) is 35.8 Å². The van der Waals surface area contributed by atoms with Crippen LogP contribution in [0.25, 0.3) is 0 Å². The number of likely N-dealkylation sites (tertiary alicyclic amines) is 1. The first-order valence-electron chi connectivity index (χ1n) is 8.79. The minimum atomic E-state index is -0.277. The Hall–Kier alpha value is -2.02. The number of fused-ring (bicyclic) bond motifs is 2. The van der Waals surface area contributed by atoms with Crippen LogP contribution in [-0.4, -0.2) is 50.3 Å². The molecule has 2 aromatic rings. The molecule has 7 heteroatoms. The Labute approximate surface area is 140 Å². The first-order chi connectivity index (χ1) is 11.8. The molecule has 5 rings (SSSR count). The SMILES string of the molecule is Fc1ccc(N2CC3CCN(Cc4nnc5n4CCC5)C3C2)nc1. The lowest BCUT2D eigenvalue weighted by atomic mass is 10.1. The predicted octanol–water partition coefficient (Wildman–Crippen LogP) is 1.47. The zero-order valence-electron chi connectivity index (χ0n) is 13.6. The number of aromatic nitrogens is 4. The van der Waals surface area contributed by atoms with Gasteiger partial charge in [-0.2, -0.15) is 0 Å². The first kappa shape index (κ1) is 14.3. The zero-order chi connectivity index (χ0) is 16.1. The van der Waals surface area contributed by atoms with Crippen LogP contribution in [0.1, 0.15) is 24.5 Å². The predicted molar refractivity (Wildman–Crippen MR) is 87.1 cm³/mol. The van der Waals surface area contributed by atoms with Gasteiger partial charge in [-0.15, -0.1) is 10.2 Å². The van der Waals surface area contributed by atoms with Crippen LogP contribution < -0.4 is 4.90 Å². The molecule has 2 unspecified atom stereocenters. The van der Waals surface area contributed by atoms with Gasteiger partial charge in [-0.1, -0.05) is 0 Å². The Balaban J connectivity index is 1.31. The Morgan fingerprint density at radius 1 is 1.17 bits per heavy atom. The Kier molecular flexibility index (Phi) is 3.29. The van der Waals surface area contributed by atoms with E-state index in [4.69, 9.17) is 0 Å². The fourth-order valence-electron chi connectivity index (χ4n) is 4.50. The highest BCUT2D eigenvalue weighted by atomic mass is 19.1. The van der Waals surface area contributed by atoms with Crippen molar-refractivity contribution in [2.75, 3.05) is 24.5 Å². The molecule has 0 aliphatic carbocycles. The van der Waals surface area contributed by atoms with Crippen LogP contribution >= 0.6 is 0 Å². The van der Waals surface area contributed by atoms with E-state index in [2.05, 4.69) is 29.5 Å². The summed E-state index contributed by atoms with van der Waals surface area (Å²) in [5.41, 5.74) is 0. The van der Waals surface area contributed by atoms with Crippen molar-refractivity contribution in [2.45, 2.75) is 38.4 Å². The molecule has 3 aliphatic rings. The minimum absolute atomic E-state index is 0.277. The van der Waals surface area contributed by atoms with Crippen molar-refractivity contribution in [2.24, 2.45) is 5.92 Å². The molecule has 24 heavy (non-hydrogen) atoms. The summed E-state index contributed by atoms with van der Waals surface area (Å²) in [6.07, 6.45) is 4.76. The lowest BCUT2D eigenvalue weighted by Crippen LogP contribution is -2.35. The van der Waals surface area contributed by atoms with E-state index in [1.54, 1.807) is 6.07 Å². The van der Waals surface area contributed by atoms with Crippen LogP contribution in [0.5, 0.6) is 0 Å². The van der Waals surface area contributed by atoms with E-state index >= 15 is 0 Å². The maximum Gasteiger partial charge on any atom is 0.147 e. The van der Waals surface area contributed by atoms with Gasteiger partial charge < -0.3 is 9.47 Å². The van der Waals surface area contributed by atoms with Gasteiger partial charge in [0.15, 0.2) is 0 Å². The van der Waals surface area contributed by atoms with Gasteiger partial charge in [0.25, 0.3) is 0 Å². The van der Waals surface area contributed by atoms with Crippen LogP contribution in [0.2, 0.25) is 0 Å².